The Kier molecular flexibility index (Phi) is 3.82. The van der Waals surface area contributed by atoms with Crippen LogP contribution in [0.25, 0.3) is 16.9 Å². The predicted molar refractivity (Wildman–Crippen MR) is 68.7 cm³/mol. The van der Waals surface area contributed by atoms with Crippen LogP contribution in [-0.4, -0.2) is 4.57 Å². The van der Waals surface area contributed by atoms with Gasteiger partial charge in [-0.2, -0.15) is 0 Å². The Hall–Kier alpha value is -1.61. The summed E-state index contributed by atoms with van der Waals surface area (Å²) in [6.45, 7) is 3.16. The fourth-order valence-corrected chi connectivity index (χ4v) is 2.28. The lowest BCUT2D eigenvalue weighted by Crippen LogP contribution is -3.00. The van der Waals surface area contributed by atoms with Gasteiger partial charge in [-0.15, -0.1) is 0 Å². The summed E-state index contributed by atoms with van der Waals surface area (Å²) < 4.78 is 4.50. The molecule has 2 nitrogen and oxygen atoms in total. The molecule has 3 rings (SSSR count). The topological polar surface area (TPSA) is 9.03 Å². The van der Waals surface area contributed by atoms with Gasteiger partial charge in [0.25, 0.3) is 5.65 Å². The zero-order valence-electron chi connectivity index (χ0n) is 10.3. The molecule has 18 heavy (non-hydrogen) atoms. The lowest BCUT2D eigenvalue weighted by molar-refractivity contribution is -0.510. The normalized spacial score (nSPS) is 10.3. The minimum atomic E-state index is 0. The molecule has 0 aliphatic rings. The van der Waals surface area contributed by atoms with Gasteiger partial charge in [-0.3, -0.25) is 0 Å². The standard InChI is InChI=1S/C15H15N2.BrH/c1-2-17-14(13-8-4-3-5-9-13)12-16-11-7-6-10-15(16)17;/h3-12H,2H2,1H3;1H/q+1;/p-1. The van der Waals surface area contributed by atoms with E-state index in [1.807, 2.05) is 0 Å². The first-order valence-corrected chi connectivity index (χ1v) is 5.95. The Balaban J connectivity index is 0.00000120. The van der Waals surface area contributed by atoms with E-state index in [9.17, 15) is 0 Å². The maximum atomic E-state index is 2.33. The molecule has 3 aromatic rings. The second kappa shape index (κ2) is 5.36. The molecule has 0 amide bonds. The highest BCUT2D eigenvalue weighted by Gasteiger charge is 2.16. The summed E-state index contributed by atoms with van der Waals surface area (Å²) in [5.41, 5.74) is 3.76. The van der Waals surface area contributed by atoms with Crippen LogP contribution in [0, 0.1) is 0 Å². The van der Waals surface area contributed by atoms with E-state index in [4.69, 9.17) is 0 Å². The van der Waals surface area contributed by atoms with Gasteiger partial charge in [-0.1, -0.05) is 36.4 Å². The van der Waals surface area contributed by atoms with E-state index in [0.717, 1.165) is 6.54 Å². The average molecular weight is 303 g/mol. The second-order valence-corrected chi connectivity index (χ2v) is 4.09. The van der Waals surface area contributed by atoms with Crippen LogP contribution < -0.4 is 21.4 Å². The van der Waals surface area contributed by atoms with E-state index in [2.05, 4.69) is 76.8 Å². The number of benzene rings is 1. The average Bonchev–Trinajstić information content (AvgIpc) is 2.78. The fourth-order valence-electron chi connectivity index (χ4n) is 2.28. The Morgan fingerprint density at radius 3 is 2.44 bits per heavy atom. The van der Waals surface area contributed by atoms with Crippen molar-refractivity contribution in [1.82, 2.24) is 4.57 Å². The molecule has 0 bridgehead atoms. The van der Waals surface area contributed by atoms with Gasteiger partial charge in [-0.05, 0) is 13.0 Å². The van der Waals surface area contributed by atoms with Crippen molar-refractivity contribution < 1.29 is 21.4 Å². The number of nitrogens with zero attached hydrogens (tertiary/aromatic N) is 2. The third kappa shape index (κ3) is 2.06. The molecule has 1 aromatic carbocycles. The van der Waals surface area contributed by atoms with Gasteiger partial charge in [0.05, 0.1) is 12.7 Å². The lowest BCUT2D eigenvalue weighted by atomic mass is 10.2. The van der Waals surface area contributed by atoms with Crippen LogP contribution in [0.15, 0.2) is 60.9 Å². The molecule has 0 radical (unpaired) electrons. The Morgan fingerprint density at radius 1 is 1.00 bits per heavy atom. The summed E-state index contributed by atoms with van der Waals surface area (Å²) >= 11 is 0. The van der Waals surface area contributed by atoms with Crippen molar-refractivity contribution in [2.45, 2.75) is 13.5 Å². The van der Waals surface area contributed by atoms with E-state index in [-0.39, 0.29) is 17.0 Å². The van der Waals surface area contributed by atoms with Crippen molar-refractivity contribution in [3.8, 4) is 11.3 Å². The van der Waals surface area contributed by atoms with E-state index < -0.39 is 0 Å². The molecule has 2 aromatic heterocycles. The highest BCUT2D eigenvalue weighted by Crippen LogP contribution is 2.19. The van der Waals surface area contributed by atoms with Crippen LogP contribution in [0.1, 0.15) is 6.92 Å². The molecule has 0 fully saturated rings. The van der Waals surface area contributed by atoms with Gasteiger partial charge in [0.1, 0.15) is 6.20 Å². The molecule has 0 unspecified atom stereocenters. The van der Waals surface area contributed by atoms with E-state index in [1.54, 1.807) is 0 Å². The Bertz CT molecular complexity index is 644. The minimum Gasteiger partial charge on any atom is -1.00 e. The quantitative estimate of drug-likeness (QED) is 0.586. The molecular formula is C15H15BrN2. The third-order valence-electron chi connectivity index (χ3n) is 3.08. The summed E-state index contributed by atoms with van der Waals surface area (Å²) in [5, 5.41) is 0. The summed E-state index contributed by atoms with van der Waals surface area (Å²) in [6.07, 6.45) is 4.28. The molecule has 0 atom stereocenters. The van der Waals surface area contributed by atoms with Gasteiger partial charge in [0.2, 0.25) is 0 Å². The van der Waals surface area contributed by atoms with Crippen molar-refractivity contribution in [3.05, 3.63) is 60.9 Å². The summed E-state index contributed by atoms with van der Waals surface area (Å²) in [5.74, 6) is 0. The van der Waals surface area contributed by atoms with Crippen LogP contribution in [0.4, 0.5) is 0 Å². The molecule has 0 saturated carbocycles. The minimum absolute atomic E-state index is 0. The number of aryl methyl sites for hydroxylation is 1. The summed E-state index contributed by atoms with van der Waals surface area (Å²) in [4.78, 5) is 0. The second-order valence-electron chi connectivity index (χ2n) is 4.09. The van der Waals surface area contributed by atoms with Crippen molar-refractivity contribution in [2.24, 2.45) is 0 Å². The van der Waals surface area contributed by atoms with Gasteiger partial charge in [0.15, 0.2) is 5.69 Å². The highest BCUT2D eigenvalue weighted by atomic mass is 79.9. The maximum Gasteiger partial charge on any atom is 0.286 e. The summed E-state index contributed by atoms with van der Waals surface area (Å²) in [7, 11) is 0. The predicted octanol–water partition coefficient (Wildman–Crippen LogP) is -0.0823. The van der Waals surface area contributed by atoms with Crippen LogP contribution in [-0.2, 0) is 6.54 Å². The smallest absolute Gasteiger partial charge is 0.286 e. The highest BCUT2D eigenvalue weighted by molar-refractivity contribution is 5.61. The number of rotatable bonds is 2. The number of aromatic nitrogens is 2. The number of hydrogen-bond acceptors (Lipinski definition) is 0. The number of fused-ring (bicyclic) bond motifs is 1. The molecular weight excluding hydrogens is 288 g/mol. The molecule has 92 valence electrons. The molecule has 0 aliphatic heterocycles. The molecule has 0 saturated heterocycles. The SMILES string of the molecule is CCn1c(-c2ccccc2)c[n+]2ccccc12.[Br-]. The van der Waals surface area contributed by atoms with Gasteiger partial charge >= 0.3 is 0 Å². The number of hydrogen-bond donors (Lipinski definition) is 0. The Morgan fingerprint density at radius 2 is 1.72 bits per heavy atom. The zero-order valence-corrected chi connectivity index (χ0v) is 11.8. The largest absolute Gasteiger partial charge is 1.00 e. The van der Waals surface area contributed by atoms with Crippen molar-refractivity contribution in [2.75, 3.05) is 0 Å². The van der Waals surface area contributed by atoms with Gasteiger partial charge in [0, 0.05) is 11.6 Å². The molecule has 3 heteroatoms. The lowest BCUT2D eigenvalue weighted by Gasteiger charge is -1.98. The van der Waals surface area contributed by atoms with Crippen LogP contribution in [0.3, 0.4) is 0 Å². The summed E-state index contributed by atoms with van der Waals surface area (Å²) in [6, 6.07) is 16.8. The molecule has 0 spiro atoms. The van der Waals surface area contributed by atoms with Gasteiger partial charge < -0.3 is 17.0 Å². The number of halogens is 1. The van der Waals surface area contributed by atoms with Crippen LogP contribution in [0.2, 0.25) is 0 Å². The van der Waals surface area contributed by atoms with Crippen molar-refractivity contribution in [3.63, 3.8) is 0 Å². The Labute approximate surface area is 117 Å². The molecule has 0 N–H and O–H groups in total. The molecule has 2 heterocycles. The molecule has 0 aliphatic carbocycles. The van der Waals surface area contributed by atoms with E-state index in [0.29, 0.717) is 0 Å². The number of pyridine rings is 1. The maximum absolute atomic E-state index is 2.33. The van der Waals surface area contributed by atoms with Gasteiger partial charge in [-0.25, -0.2) is 8.97 Å². The van der Waals surface area contributed by atoms with Crippen LogP contribution >= 0.6 is 0 Å². The van der Waals surface area contributed by atoms with E-state index >= 15 is 0 Å². The zero-order chi connectivity index (χ0) is 11.7. The van der Waals surface area contributed by atoms with E-state index in [1.165, 1.54) is 16.9 Å². The first-order chi connectivity index (χ1) is 8.40. The fraction of sp³-hybridized carbons (Fsp3) is 0.133. The van der Waals surface area contributed by atoms with Crippen LogP contribution in [0.5, 0.6) is 0 Å². The monoisotopic (exact) mass is 302 g/mol. The first-order valence-electron chi connectivity index (χ1n) is 5.95. The number of imidazole rings is 1. The third-order valence-corrected chi connectivity index (χ3v) is 3.08. The van der Waals surface area contributed by atoms with Crippen molar-refractivity contribution in [1.29, 1.82) is 0 Å². The van der Waals surface area contributed by atoms with Crippen molar-refractivity contribution >= 4 is 5.65 Å². The first kappa shape index (κ1) is 12.8.